The molecule has 23 heavy (non-hydrogen) atoms. The molecule has 0 saturated carbocycles. The Balaban J connectivity index is 1.72. The molecular weight excluding hydrogens is 312 g/mol. The second-order valence-electron chi connectivity index (χ2n) is 4.80. The number of nitrogens with one attached hydrogen (secondary N) is 1. The number of hydrogen-bond donors (Lipinski definition) is 1. The second-order valence-corrected chi connectivity index (χ2v) is 5.86. The normalized spacial score (nSPS) is 11.0. The van der Waals surface area contributed by atoms with E-state index in [0.29, 0.717) is 11.5 Å². The minimum absolute atomic E-state index is 0.221. The summed E-state index contributed by atoms with van der Waals surface area (Å²) in [5.41, 5.74) is 2.23. The third-order valence-corrected chi connectivity index (χ3v) is 3.82. The molecular formula is C15H14N6OS. The molecule has 1 aromatic carbocycles. The third-order valence-electron chi connectivity index (χ3n) is 3.03. The van der Waals surface area contributed by atoms with E-state index < -0.39 is 0 Å². The van der Waals surface area contributed by atoms with Crippen LogP contribution < -0.4 is 5.32 Å². The van der Waals surface area contributed by atoms with Gasteiger partial charge in [-0.25, -0.2) is 4.98 Å². The zero-order valence-electron chi connectivity index (χ0n) is 12.6. The molecule has 0 aliphatic rings. The maximum atomic E-state index is 12.0. The molecule has 0 radical (unpaired) electrons. The molecule has 0 atom stereocenters. The number of amides is 1. The van der Waals surface area contributed by atoms with Gasteiger partial charge in [-0.1, -0.05) is 6.07 Å². The fourth-order valence-corrected chi connectivity index (χ4v) is 2.57. The molecule has 8 heteroatoms. The summed E-state index contributed by atoms with van der Waals surface area (Å²) in [6.45, 7) is 3.73. The number of rotatable bonds is 4. The van der Waals surface area contributed by atoms with Gasteiger partial charge in [0.05, 0.1) is 16.4 Å². The smallest absolute Gasteiger partial charge is 0.248 e. The first-order valence-electron chi connectivity index (χ1n) is 6.88. The lowest BCUT2D eigenvalue weighted by molar-refractivity contribution is -0.111. The summed E-state index contributed by atoms with van der Waals surface area (Å²) in [4.78, 5) is 16.3. The van der Waals surface area contributed by atoms with Crippen LogP contribution in [0.15, 0.2) is 35.7 Å². The summed E-state index contributed by atoms with van der Waals surface area (Å²) in [6, 6.07) is 7.32. The molecule has 0 saturated heterocycles. The highest BCUT2D eigenvalue weighted by Crippen LogP contribution is 2.15. The lowest BCUT2D eigenvalue weighted by Crippen LogP contribution is -2.08. The maximum absolute atomic E-state index is 12.0. The molecule has 0 aliphatic carbocycles. The summed E-state index contributed by atoms with van der Waals surface area (Å²) in [5, 5.41) is 17.0. The van der Waals surface area contributed by atoms with Gasteiger partial charge < -0.3 is 5.32 Å². The molecule has 7 nitrogen and oxygen atoms in total. The van der Waals surface area contributed by atoms with Crippen LogP contribution >= 0.6 is 11.3 Å². The molecule has 0 unspecified atom stereocenters. The van der Waals surface area contributed by atoms with Crippen LogP contribution in [0, 0.1) is 13.8 Å². The van der Waals surface area contributed by atoms with Crippen molar-refractivity contribution in [1.29, 1.82) is 0 Å². The van der Waals surface area contributed by atoms with E-state index >= 15 is 0 Å². The summed E-state index contributed by atoms with van der Waals surface area (Å²) in [5.74, 6) is 0.452. The van der Waals surface area contributed by atoms with Crippen molar-refractivity contribution >= 4 is 29.0 Å². The van der Waals surface area contributed by atoms with Gasteiger partial charge in [-0.3, -0.25) is 4.79 Å². The zero-order valence-corrected chi connectivity index (χ0v) is 13.4. The van der Waals surface area contributed by atoms with Crippen LogP contribution in [-0.4, -0.2) is 31.1 Å². The SMILES string of the molecule is Cc1nc(C=CC(=O)Nc2cccc(-n3nnnc3C)c2)cs1. The van der Waals surface area contributed by atoms with E-state index in [1.165, 1.54) is 6.08 Å². The number of carbonyl (C=O) groups is 1. The molecule has 2 aromatic heterocycles. The summed E-state index contributed by atoms with van der Waals surface area (Å²) in [7, 11) is 0. The molecule has 3 aromatic rings. The van der Waals surface area contributed by atoms with Gasteiger partial charge >= 0.3 is 0 Å². The number of nitrogens with zero attached hydrogens (tertiary/aromatic N) is 5. The molecule has 2 heterocycles. The van der Waals surface area contributed by atoms with Gasteiger partial charge in [0.15, 0.2) is 5.82 Å². The number of tetrazole rings is 1. The van der Waals surface area contributed by atoms with Crippen LogP contribution in [0.25, 0.3) is 11.8 Å². The van der Waals surface area contributed by atoms with Crippen LogP contribution in [0.1, 0.15) is 16.5 Å². The van der Waals surface area contributed by atoms with E-state index in [1.807, 2.05) is 43.5 Å². The number of anilines is 1. The number of carbonyl (C=O) groups excluding carboxylic acids is 1. The Morgan fingerprint density at radius 3 is 2.91 bits per heavy atom. The van der Waals surface area contributed by atoms with Gasteiger partial charge in [0.25, 0.3) is 0 Å². The Morgan fingerprint density at radius 2 is 2.22 bits per heavy atom. The maximum Gasteiger partial charge on any atom is 0.248 e. The van der Waals surface area contributed by atoms with Gasteiger partial charge in [0.1, 0.15) is 0 Å². The quantitative estimate of drug-likeness (QED) is 0.744. The lowest BCUT2D eigenvalue weighted by Gasteiger charge is -2.06. The fourth-order valence-electron chi connectivity index (χ4n) is 1.99. The number of aromatic nitrogens is 5. The van der Waals surface area contributed by atoms with Crippen molar-refractivity contribution in [2.75, 3.05) is 5.32 Å². The van der Waals surface area contributed by atoms with Crippen LogP contribution in [0.5, 0.6) is 0 Å². The summed E-state index contributed by atoms with van der Waals surface area (Å²) >= 11 is 1.55. The van der Waals surface area contributed by atoms with Gasteiger partial charge in [0.2, 0.25) is 5.91 Å². The monoisotopic (exact) mass is 326 g/mol. The minimum Gasteiger partial charge on any atom is -0.322 e. The minimum atomic E-state index is -0.221. The molecule has 1 amide bonds. The highest BCUT2D eigenvalue weighted by molar-refractivity contribution is 7.09. The van der Waals surface area contributed by atoms with Crippen molar-refractivity contribution in [1.82, 2.24) is 25.2 Å². The summed E-state index contributed by atoms with van der Waals surface area (Å²) < 4.78 is 1.60. The molecule has 0 bridgehead atoms. The Kier molecular flexibility index (Phi) is 4.24. The molecule has 0 spiro atoms. The zero-order chi connectivity index (χ0) is 16.2. The van der Waals surface area contributed by atoms with Gasteiger partial charge in [0, 0.05) is 17.1 Å². The average molecular weight is 326 g/mol. The highest BCUT2D eigenvalue weighted by Gasteiger charge is 2.05. The number of hydrogen-bond acceptors (Lipinski definition) is 6. The number of benzene rings is 1. The predicted molar refractivity (Wildman–Crippen MR) is 88.4 cm³/mol. The average Bonchev–Trinajstić information content (AvgIpc) is 3.14. The van der Waals surface area contributed by atoms with Crippen LogP contribution in [0.3, 0.4) is 0 Å². The first-order chi connectivity index (χ1) is 11.1. The number of aryl methyl sites for hydroxylation is 2. The van der Waals surface area contributed by atoms with Crippen molar-refractivity contribution in [3.63, 3.8) is 0 Å². The Hall–Kier alpha value is -2.87. The fraction of sp³-hybridized carbons (Fsp3) is 0.133. The largest absolute Gasteiger partial charge is 0.322 e. The van der Waals surface area contributed by atoms with E-state index in [4.69, 9.17) is 0 Å². The Morgan fingerprint density at radius 1 is 1.35 bits per heavy atom. The van der Waals surface area contributed by atoms with Crippen molar-refractivity contribution < 1.29 is 4.79 Å². The van der Waals surface area contributed by atoms with Crippen molar-refractivity contribution in [3.8, 4) is 5.69 Å². The van der Waals surface area contributed by atoms with Gasteiger partial charge in [-0.05, 0) is 48.5 Å². The highest BCUT2D eigenvalue weighted by atomic mass is 32.1. The van der Waals surface area contributed by atoms with E-state index in [2.05, 4.69) is 25.8 Å². The number of thiazole rings is 1. The van der Waals surface area contributed by atoms with Crippen molar-refractivity contribution in [3.05, 3.63) is 52.2 Å². The summed E-state index contributed by atoms with van der Waals surface area (Å²) in [6.07, 6.45) is 3.15. The third kappa shape index (κ3) is 3.67. The van der Waals surface area contributed by atoms with E-state index in [0.717, 1.165) is 16.4 Å². The first kappa shape index (κ1) is 15.0. The van der Waals surface area contributed by atoms with Crippen LogP contribution in [0.2, 0.25) is 0 Å². The second kappa shape index (κ2) is 6.49. The van der Waals surface area contributed by atoms with E-state index in [1.54, 1.807) is 22.1 Å². The van der Waals surface area contributed by atoms with Gasteiger partial charge in [-0.15, -0.1) is 16.4 Å². The van der Waals surface area contributed by atoms with E-state index in [-0.39, 0.29) is 5.91 Å². The van der Waals surface area contributed by atoms with Crippen LogP contribution in [-0.2, 0) is 4.79 Å². The molecule has 0 aliphatic heterocycles. The Labute approximate surface area is 136 Å². The Bertz CT molecular complexity index is 866. The molecule has 3 rings (SSSR count). The molecule has 116 valence electrons. The molecule has 1 N–H and O–H groups in total. The van der Waals surface area contributed by atoms with Crippen molar-refractivity contribution in [2.45, 2.75) is 13.8 Å². The van der Waals surface area contributed by atoms with Gasteiger partial charge in [-0.2, -0.15) is 4.68 Å². The van der Waals surface area contributed by atoms with Crippen molar-refractivity contribution in [2.24, 2.45) is 0 Å². The molecule has 0 fully saturated rings. The van der Waals surface area contributed by atoms with Crippen LogP contribution in [0.4, 0.5) is 5.69 Å². The standard InChI is InChI=1S/C15H14N6OS/c1-10-18-19-20-21(10)14-5-3-4-12(8-14)17-15(22)7-6-13-9-23-11(2)16-13/h3-9H,1-2H3,(H,17,22). The lowest BCUT2D eigenvalue weighted by atomic mass is 10.2. The van der Waals surface area contributed by atoms with E-state index in [9.17, 15) is 4.79 Å². The first-order valence-corrected chi connectivity index (χ1v) is 7.76. The topological polar surface area (TPSA) is 85.6 Å². The predicted octanol–water partition coefficient (Wildman–Crippen LogP) is 2.39.